The number of nitrogens with two attached hydrogens (primary N) is 1. The lowest BCUT2D eigenvalue weighted by atomic mass is 9.97. The molecule has 4 rings (SSSR count). The number of amides is 2. The zero-order valence-corrected chi connectivity index (χ0v) is 23.0. The van der Waals surface area contributed by atoms with Crippen molar-refractivity contribution in [2.75, 3.05) is 25.0 Å². The first kappa shape index (κ1) is 28.8. The number of ether oxygens (including phenoxy) is 1. The average Bonchev–Trinajstić information content (AvgIpc) is 3.47. The second-order valence-corrected chi connectivity index (χ2v) is 11.2. The van der Waals surface area contributed by atoms with Crippen LogP contribution >= 0.6 is 11.6 Å². The van der Waals surface area contributed by atoms with Crippen LogP contribution in [0.2, 0.25) is 5.02 Å². The molecule has 12 heteroatoms. The van der Waals surface area contributed by atoms with Crippen molar-refractivity contribution in [1.29, 1.82) is 5.26 Å². The first-order chi connectivity index (χ1) is 19.0. The van der Waals surface area contributed by atoms with Gasteiger partial charge in [0.05, 0.1) is 22.1 Å². The van der Waals surface area contributed by atoms with Crippen molar-refractivity contribution in [3.8, 4) is 11.8 Å². The van der Waals surface area contributed by atoms with E-state index in [-0.39, 0.29) is 43.8 Å². The van der Waals surface area contributed by atoms with Crippen LogP contribution in [-0.4, -0.2) is 50.6 Å². The third-order valence-corrected chi connectivity index (χ3v) is 7.46. The van der Waals surface area contributed by atoms with Gasteiger partial charge < -0.3 is 15.0 Å². The molecule has 0 aromatic heterocycles. The summed E-state index contributed by atoms with van der Waals surface area (Å²) in [6.45, 7) is 2.36. The van der Waals surface area contributed by atoms with Crippen LogP contribution in [0.1, 0.15) is 50.2 Å². The molecule has 1 saturated heterocycles. The lowest BCUT2D eigenvalue weighted by Crippen LogP contribution is -2.27. The number of benzene rings is 3. The highest BCUT2D eigenvalue weighted by Crippen LogP contribution is 2.27. The Hall–Kier alpha value is -4.24. The van der Waals surface area contributed by atoms with Gasteiger partial charge in [0.1, 0.15) is 5.75 Å². The number of aryl methyl sites for hydroxylation is 1. The summed E-state index contributed by atoms with van der Waals surface area (Å²) in [4.78, 5) is 40.7. The van der Waals surface area contributed by atoms with Crippen molar-refractivity contribution in [2.45, 2.75) is 24.7 Å². The third-order valence-electron chi connectivity index (χ3n) is 6.31. The first-order valence-electron chi connectivity index (χ1n) is 12.2. The molecule has 0 spiro atoms. The molecule has 0 radical (unpaired) electrons. The number of halogens is 1. The Balaban J connectivity index is 1.54. The molecule has 1 fully saturated rings. The fraction of sp³-hybridized carbons (Fsp3) is 0.214. The van der Waals surface area contributed by atoms with Gasteiger partial charge in [-0.15, -0.1) is 0 Å². The van der Waals surface area contributed by atoms with Crippen LogP contribution < -0.4 is 15.2 Å². The maximum absolute atomic E-state index is 13.5. The number of nitrogens with one attached hydrogen (secondary N) is 1. The van der Waals surface area contributed by atoms with E-state index in [2.05, 4.69) is 5.32 Å². The number of nitrogens with zero attached hydrogens (tertiary/aromatic N) is 2. The van der Waals surface area contributed by atoms with Gasteiger partial charge in [-0.2, -0.15) is 5.26 Å². The van der Waals surface area contributed by atoms with E-state index in [1.165, 1.54) is 54.6 Å². The second-order valence-electron chi connectivity index (χ2n) is 9.24. The number of hydrogen-bond acceptors (Lipinski definition) is 7. The summed E-state index contributed by atoms with van der Waals surface area (Å²) in [6.07, 6.45) is 1.79. The summed E-state index contributed by atoms with van der Waals surface area (Å²) in [5.41, 5.74) is 1.36. The molecule has 10 nitrogen and oxygen atoms in total. The summed E-state index contributed by atoms with van der Waals surface area (Å²) in [7, 11) is -3.89. The van der Waals surface area contributed by atoms with Crippen LogP contribution in [0, 0.1) is 18.3 Å². The molecule has 2 amide bonds. The van der Waals surface area contributed by atoms with E-state index >= 15 is 0 Å². The van der Waals surface area contributed by atoms with Gasteiger partial charge in [0.25, 0.3) is 11.8 Å². The topological polar surface area (TPSA) is 160 Å². The number of carbonyl (C=O) groups is 3. The SMILES string of the molecule is Cc1cc(S(N)(=O)=O)ccc1NC(=O)COc1ccc(Cl)cc1C(=O)c1cc(C#N)cc(C(=O)N2CCCC2)c1. The number of sulfonamides is 1. The lowest BCUT2D eigenvalue weighted by molar-refractivity contribution is -0.118. The molecule has 0 saturated carbocycles. The summed E-state index contributed by atoms with van der Waals surface area (Å²) < 4.78 is 28.7. The number of rotatable bonds is 8. The average molecular weight is 581 g/mol. The Morgan fingerprint density at radius 2 is 1.75 bits per heavy atom. The van der Waals surface area contributed by atoms with Crippen LogP contribution in [0.4, 0.5) is 5.69 Å². The minimum atomic E-state index is -3.89. The first-order valence-corrected chi connectivity index (χ1v) is 14.1. The highest BCUT2D eigenvalue weighted by molar-refractivity contribution is 7.89. The van der Waals surface area contributed by atoms with Gasteiger partial charge in [0.2, 0.25) is 10.0 Å². The Bertz CT molecular complexity index is 1660. The third kappa shape index (κ3) is 6.66. The largest absolute Gasteiger partial charge is 0.483 e. The van der Waals surface area contributed by atoms with Gasteiger partial charge in [-0.3, -0.25) is 14.4 Å². The molecule has 3 N–H and O–H groups in total. The van der Waals surface area contributed by atoms with Crippen molar-refractivity contribution < 1.29 is 27.5 Å². The zero-order chi connectivity index (χ0) is 29.0. The molecule has 40 heavy (non-hydrogen) atoms. The van der Waals surface area contributed by atoms with E-state index in [1.54, 1.807) is 11.8 Å². The minimum Gasteiger partial charge on any atom is -0.483 e. The van der Waals surface area contributed by atoms with Crippen LogP contribution in [0.3, 0.4) is 0 Å². The summed E-state index contributed by atoms with van der Waals surface area (Å²) in [5, 5.41) is 17.5. The monoisotopic (exact) mass is 580 g/mol. The smallest absolute Gasteiger partial charge is 0.262 e. The highest BCUT2D eigenvalue weighted by atomic mass is 35.5. The number of primary sulfonamides is 1. The van der Waals surface area contributed by atoms with E-state index in [4.69, 9.17) is 21.5 Å². The van der Waals surface area contributed by atoms with E-state index < -0.39 is 28.3 Å². The number of likely N-dealkylation sites (tertiary alicyclic amines) is 1. The molecule has 0 bridgehead atoms. The van der Waals surface area contributed by atoms with Gasteiger partial charge in [0.15, 0.2) is 12.4 Å². The van der Waals surface area contributed by atoms with Crippen molar-refractivity contribution in [2.24, 2.45) is 5.14 Å². The summed E-state index contributed by atoms with van der Waals surface area (Å²) in [5.74, 6) is -1.29. The predicted octanol–water partition coefficient (Wildman–Crippen LogP) is 3.65. The second kappa shape index (κ2) is 11.9. The Morgan fingerprint density at radius 1 is 1.05 bits per heavy atom. The molecule has 1 aliphatic rings. The van der Waals surface area contributed by atoms with Gasteiger partial charge in [-0.1, -0.05) is 11.6 Å². The molecule has 0 unspecified atom stereocenters. The quantitative estimate of drug-likeness (QED) is 0.384. The van der Waals surface area contributed by atoms with Crippen molar-refractivity contribution in [3.63, 3.8) is 0 Å². The number of ketones is 1. The van der Waals surface area contributed by atoms with Gasteiger partial charge in [-0.25, -0.2) is 13.6 Å². The lowest BCUT2D eigenvalue weighted by Gasteiger charge is -2.16. The van der Waals surface area contributed by atoms with Crippen LogP contribution in [0.5, 0.6) is 5.75 Å². The van der Waals surface area contributed by atoms with E-state index in [1.807, 2.05) is 6.07 Å². The highest BCUT2D eigenvalue weighted by Gasteiger charge is 2.23. The number of carbonyl (C=O) groups excluding carboxylic acids is 3. The molecule has 1 aliphatic heterocycles. The standard InChI is InChI=1S/C28H25ClN4O6S/c1-17-10-22(40(31,37)38)5-6-24(17)32-26(34)16-39-25-7-4-21(29)14-23(25)27(35)19-11-18(15-30)12-20(13-19)28(36)33-8-2-3-9-33/h4-7,10-14H,2-3,8-9,16H2,1H3,(H,32,34)(H2,31,37,38). The van der Waals surface area contributed by atoms with Gasteiger partial charge in [0, 0.05) is 34.9 Å². The zero-order valence-electron chi connectivity index (χ0n) is 21.4. The van der Waals surface area contributed by atoms with Crippen LogP contribution in [0.15, 0.2) is 59.5 Å². The van der Waals surface area contributed by atoms with Crippen molar-refractivity contribution >= 4 is 44.9 Å². The molecular weight excluding hydrogens is 556 g/mol. The summed E-state index contributed by atoms with van der Waals surface area (Å²) >= 11 is 6.16. The van der Waals surface area contributed by atoms with Crippen LogP contribution in [0.25, 0.3) is 0 Å². The number of nitriles is 1. The minimum absolute atomic E-state index is 0.0450. The van der Waals surface area contributed by atoms with Crippen molar-refractivity contribution in [1.82, 2.24) is 4.90 Å². The molecular formula is C28H25ClN4O6S. The number of anilines is 1. The molecule has 3 aromatic rings. The Kier molecular flexibility index (Phi) is 8.54. The summed E-state index contributed by atoms with van der Waals surface area (Å²) in [6, 6.07) is 14.6. The van der Waals surface area contributed by atoms with E-state index in [9.17, 15) is 28.1 Å². The van der Waals surface area contributed by atoms with Crippen LogP contribution in [-0.2, 0) is 14.8 Å². The molecule has 206 valence electrons. The number of hydrogen-bond donors (Lipinski definition) is 2. The predicted molar refractivity (Wildman–Crippen MR) is 148 cm³/mol. The fourth-order valence-corrected chi connectivity index (χ4v) is 5.06. The fourth-order valence-electron chi connectivity index (χ4n) is 4.29. The van der Waals surface area contributed by atoms with E-state index in [0.29, 0.717) is 24.3 Å². The Labute approximate surface area is 236 Å². The Morgan fingerprint density at radius 3 is 2.40 bits per heavy atom. The molecule has 0 atom stereocenters. The maximum Gasteiger partial charge on any atom is 0.262 e. The maximum atomic E-state index is 13.5. The van der Waals surface area contributed by atoms with Gasteiger partial charge >= 0.3 is 0 Å². The molecule has 0 aliphatic carbocycles. The van der Waals surface area contributed by atoms with Gasteiger partial charge in [-0.05, 0) is 79.9 Å². The normalized spacial score (nSPS) is 13.0. The van der Waals surface area contributed by atoms with E-state index in [0.717, 1.165) is 12.8 Å². The molecule has 1 heterocycles. The molecule has 3 aromatic carbocycles. The van der Waals surface area contributed by atoms with Crippen molar-refractivity contribution in [3.05, 3.63) is 87.4 Å².